The average Bonchev–Trinajstić information content (AvgIpc) is 2.83. The van der Waals surface area contributed by atoms with Gasteiger partial charge in [-0.1, -0.05) is 12.1 Å². The minimum Gasteiger partial charge on any atom is -0.507 e. The van der Waals surface area contributed by atoms with Crippen molar-refractivity contribution in [3.8, 4) is 17.2 Å². The molecule has 2 aliphatic carbocycles. The Labute approximate surface area is 190 Å². The predicted octanol–water partition coefficient (Wildman–Crippen LogP) is 1.69. The van der Waals surface area contributed by atoms with Crippen LogP contribution in [0.4, 0.5) is 0 Å². The van der Waals surface area contributed by atoms with Crippen molar-refractivity contribution in [1.82, 2.24) is 0 Å². The highest BCUT2D eigenvalue weighted by Gasteiger charge is 2.42. The maximum Gasteiger partial charge on any atom is 0.202 e. The summed E-state index contributed by atoms with van der Waals surface area (Å²) in [6.45, 7) is 2.05. The lowest BCUT2D eigenvalue weighted by Crippen LogP contribution is -2.30. The standard InChI is InChI=1S/C21H18O8.C3H8O/c1-29-13-4-2-3-9-15(13)21(28)17-16(18(9)25)19(26)10-5-8(12(24)7-22)6-11(23)14(10)20(17)27;1-3-4-2/h2-4,8,11,22-23,26-27H,5-7H2,1H3;3H2,1-2H3/t8?,11-;/m0./s1. The number of ether oxygens (including phenoxy) is 2. The summed E-state index contributed by atoms with van der Waals surface area (Å²) in [5.41, 5.74) is -0.816. The summed E-state index contributed by atoms with van der Waals surface area (Å²) in [6, 6.07) is 4.46. The lowest BCUT2D eigenvalue weighted by molar-refractivity contribution is -0.127. The molecule has 33 heavy (non-hydrogen) atoms. The Bertz CT molecular complexity index is 1120. The lowest BCUT2D eigenvalue weighted by atomic mass is 9.74. The summed E-state index contributed by atoms with van der Waals surface area (Å²) in [5, 5.41) is 41.3. The van der Waals surface area contributed by atoms with Crippen LogP contribution < -0.4 is 4.74 Å². The maximum absolute atomic E-state index is 13.1. The fourth-order valence-corrected chi connectivity index (χ4v) is 4.28. The first kappa shape index (κ1) is 24.4. The van der Waals surface area contributed by atoms with E-state index in [0.29, 0.717) is 0 Å². The van der Waals surface area contributed by atoms with Gasteiger partial charge in [-0.15, -0.1) is 0 Å². The fraction of sp³-hybridized carbons (Fsp3) is 0.375. The van der Waals surface area contributed by atoms with Crippen LogP contribution in [0.5, 0.6) is 17.2 Å². The van der Waals surface area contributed by atoms with Crippen LogP contribution in [0.2, 0.25) is 0 Å². The van der Waals surface area contributed by atoms with Crippen LogP contribution in [0.1, 0.15) is 62.4 Å². The van der Waals surface area contributed by atoms with E-state index in [2.05, 4.69) is 4.74 Å². The monoisotopic (exact) mass is 458 g/mol. The lowest BCUT2D eigenvalue weighted by Gasteiger charge is -2.32. The molecule has 0 radical (unpaired) electrons. The molecule has 9 heteroatoms. The van der Waals surface area contributed by atoms with Crippen molar-refractivity contribution in [2.45, 2.75) is 25.9 Å². The summed E-state index contributed by atoms with van der Waals surface area (Å²) >= 11 is 0. The first-order valence-electron chi connectivity index (χ1n) is 10.4. The van der Waals surface area contributed by atoms with Crippen LogP contribution >= 0.6 is 0 Å². The Morgan fingerprint density at radius 3 is 2.27 bits per heavy atom. The van der Waals surface area contributed by atoms with E-state index in [0.717, 1.165) is 6.61 Å². The Balaban J connectivity index is 0.000000709. The highest BCUT2D eigenvalue weighted by molar-refractivity contribution is 6.31. The van der Waals surface area contributed by atoms with Crippen LogP contribution in [0.3, 0.4) is 0 Å². The van der Waals surface area contributed by atoms with Gasteiger partial charge in [0.05, 0.1) is 29.9 Å². The largest absolute Gasteiger partial charge is 0.507 e. The summed E-state index contributed by atoms with van der Waals surface area (Å²) in [7, 11) is 3.02. The molecule has 2 aromatic carbocycles. The molecule has 0 amide bonds. The van der Waals surface area contributed by atoms with Crippen LogP contribution in [-0.2, 0) is 16.0 Å². The number of carbonyl (C=O) groups is 3. The number of phenolic OH excluding ortho intramolecular Hbond substituents is 2. The highest BCUT2D eigenvalue weighted by Crippen LogP contribution is 2.50. The topological polar surface area (TPSA) is 151 Å². The van der Waals surface area contributed by atoms with Gasteiger partial charge in [0, 0.05) is 36.3 Å². The van der Waals surface area contributed by atoms with E-state index in [9.17, 15) is 29.7 Å². The van der Waals surface area contributed by atoms with Crippen LogP contribution in [-0.4, -0.2) is 65.2 Å². The van der Waals surface area contributed by atoms with E-state index in [4.69, 9.17) is 9.84 Å². The van der Waals surface area contributed by atoms with E-state index in [1.165, 1.54) is 25.3 Å². The van der Waals surface area contributed by atoms with Gasteiger partial charge in [0.15, 0.2) is 11.6 Å². The molecule has 4 N–H and O–H groups in total. The molecular formula is C24H26O9. The molecule has 0 spiro atoms. The number of phenols is 2. The minimum atomic E-state index is -1.35. The highest BCUT2D eigenvalue weighted by atomic mass is 16.5. The van der Waals surface area contributed by atoms with Gasteiger partial charge in [-0.25, -0.2) is 0 Å². The van der Waals surface area contributed by atoms with Gasteiger partial charge in [-0.3, -0.25) is 14.4 Å². The average molecular weight is 458 g/mol. The number of hydrogen-bond donors (Lipinski definition) is 4. The van der Waals surface area contributed by atoms with Crippen molar-refractivity contribution in [1.29, 1.82) is 0 Å². The van der Waals surface area contributed by atoms with E-state index in [-0.39, 0.29) is 46.4 Å². The van der Waals surface area contributed by atoms with Gasteiger partial charge in [0.25, 0.3) is 0 Å². The molecule has 0 saturated heterocycles. The van der Waals surface area contributed by atoms with E-state index in [1.807, 2.05) is 6.92 Å². The second kappa shape index (κ2) is 9.70. The van der Waals surface area contributed by atoms with Crippen molar-refractivity contribution in [3.63, 3.8) is 0 Å². The smallest absolute Gasteiger partial charge is 0.202 e. The molecule has 2 aromatic rings. The van der Waals surface area contributed by atoms with Crippen molar-refractivity contribution in [2.24, 2.45) is 5.92 Å². The van der Waals surface area contributed by atoms with E-state index >= 15 is 0 Å². The molecule has 0 aliphatic heterocycles. The van der Waals surface area contributed by atoms with Gasteiger partial charge in [0.1, 0.15) is 23.9 Å². The minimum absolute atomic E-state index is 0.0239. The number of aromatic hydroxyl groups is 2. The van der Waals surface area contributed by atoms with Gasteiger partial charge in [-0.05, 0) is 25.8 Å². The SMILES string of the molecule is CCOC.COc1cccc2c1C(=O)c1c(O)c3c(c(O)c1C2=O)CC(C(=O)CO)C[C@@H]3O. The molecule has 2 atom stereocenters. The van der Waals surface area contributed by atoms with Crippen LogP contribution in [0.25, 0.3) is 0 Å². The number of fused-ring (bicyclic) bond motifs is 3. The Hall–Kier alpha value is -3.27. The van der Waals surface area contributed by atoms with Crippen molar-refractivity contribution in [2.75, 3.05) is 27.4 Å². The number of benzene rings is 2. The third-order valence-corrected chi connectivity index (χ3v) is 5.95. The van der Waals surface area contributed by atoms with E-state index in [1.54, 1.807) is 7.11 Å². The summed E-state index contributed by atoms with van der Waals surface area (Å²) in [4.78, 5) is 38.1. The Morgan fingerprint density at radius 2 is 1.70 bits per heavy atom. The number of ketones is 3. The zero-order valence-electron chi connectivity index (χ0n) is 18.5. The van der Waals surface area contributed by atoms with Gasteiger partial charge >= 0.3 is 0 Å². The number of aliphatic hydroxyl groups excluding tert-OH is 2. The van der Waals surface area contributed by atoms with E-state index < -0.39 is 53.0 Å². The van der Waals surface area contributed by atoms with Gasteiger partial charge < -0.3 is 29.9 Å². The third kappa shape index (κ3) is 3.99. The molecule has 9 nitrogen and oxygen atoms in total. The third-order valence-electron chi connectivity index (χ3n) is 5.95. The first-order chi connectivity index (χ1) is 15.7. The molecular weight excluding hydrogens is 432 g/mol. The number of Topliss-reactive ketones (excluding diaryl/α,β-unsaturated/α-hetero) is 1. The maximum atomic E-state index is 13.1. The zero-order valence-corrected chi connectivity index (χ0v) is 18.5. The summed E-state index contributed by atoms with van der Waals surface area (Å²) in [5.74, 6) is -3.68. The number of methoxy groups -OCH3 is 2. The quantitative estimate of drug-likeness (QED) is 0.428. The zero-order chi connectivity index (χ0) is 24.4. The number of hydrogen-bond acceptors (Lipinski definition) is 9. The Kier molecular flexibility index (Phi) is 7.16. The molecule has 0 aromatic heterocycles. The van der Waals surface area contributed by atoms with Crippen molar-refractivity contribution in [3.05, 3.63) is 51.6 Å². The molecule has 0 saturated carbocycles. The van der Waals surface area contributed by atoms with Crippen LogP contribution in [0, 0.1) is 5.92 Å². The molecule has 176 valence electrons. The first-order valence-corrected chi connectivity index (χ1v) is 10.4. The normalized spacial score (nSPS) is 18.5. The molecule has 2 aliphatic rings. The van der Waals surface area contributed by atoms with Crippen molar-refractivity contribution >= 4 is 17.3 Å². The van der Waals surface area contributed by atoms with Gasteiger partial charge in [0.2, 0.25) is 5.78 Å². The number of carbonyl (C=O) groups excluding carboxylic acids is 3. The van der Waals surface area contributed by atoms with Crippen molar-refractivity contribution < 1.29 is 44.3 Å². The molecule has 0 fully saturated rings. The van der Waals surface area contributed by atoms with Gasteiger partial charge in [-0.2, -0.15) is 0 Å². The molecule has 4 rings (SSSR count). The molecule has 0 heterocycles. The fourth-order valence-electron chi connectivity index (χ4n) is 4.28. The Morgan fingerprint density at radius 1 is 1.06 bits per heavy atom. The second-order valence-corrected chi connectivity index (χ2v) is 7.73. The molecule has 1 unspecified atom stereocenters. The summed E-state index contributed by atoms with van der Waals surface area (Å²) in [6.07, 6.45) is -1.51. The van der Waals surface area contributed by atoms with Crippen LogP contribution in [0.15, 0.2) is 18.2 Å². The number of aliphatic hydroxyl groups is 2. The number of rotatable bonds is 4. The second-order valence-electron chi connectivity index (χ2n) is 7.73. The molecule has 0 bridgehead atoms. The summed E-state index contributed by atoms with van der Waals surface area (Å²) < 4.78 is 9.72. The predicted molar refractivity (Wildman–Crippen MR) is 116 cm³/mol.